The molecule has 0 saturated heterocycles. The van der Waals surface area contributed by atoms with Crippen molar-refractivity contribution in [2.45, 2.75) is 48.4 Å². The normalized spacial score (nSPS) is 13.9. The van der Waals surface area contributed by atoms with Gasteiger partial charge in [0.05, 0.1) is 16.4 Å². The molecule has 0 heterocycles. The summed E-state index contributed by atoms with van der Waals surface area (Å²) in [7, 11) is -2.05. The zero-order valence-corrected chi connectivity index (χ0v) is 16.5. The molecule has 0 bridgehead atoms. The van der Waals surface area contributed by atoms with Crippen molar-refractivity contribution in [2.75, 3.05) is 0 Å². The monoisotopic (exact) mass is 432 g/mol. The number of aliphatic carboxylic acids is 1. The van der Waals surface area contributed by atoms with Crippen LogP contribution in [0.25, 0.3) is 0 Å². The van der Waals surface area contributed by atoms with Gasteiger partial charge in [0.2, 0.25) is 0 Å². The SMILES string of the molecule is O=C(O)C(CCCCCc1ccc(Cl)cc1)S(=O)c1cccc(C(F)(F)F)c1. The molecule has 2 unspecified atom stereocenters. The number of carboxylic acids is 1. The predicted molar refractivity (Wildman–Crippen MR) is 103 cm³/mol. The van der Waals surface area contributed by atoms with E-state index in [1.165, 1.54) is 6.07 Å². The van der Waals surface area contributed by atoms with Gasteiger partial charge in [-0.15, -0.1) is 0 Å². The fraction of sp³-hybridized carbons (Fsp3) is 0.350. The molecule has 2 aromatic carbocycles. The van der Waals surface area contributed by atoms with Crippen LogP contribution in [-0.4, -0.2) is 20.5 Å². The zero-order valence-electron chi connectivity index (χ0n) is 14.9. The molecule has 28 heavy (non-hydrogen) atoms. The summed E-state index contributed by atoms with van der Waals surface area (Å²) >= 11 is 5.83. The Balaban J connectivity index is 1.91. The van der Waals surface area contributed by atoms with Crippen LogP contribution in [0.1, 0.15) is 36.8 Å². The third-order valence-electron chi connectivity index (χ3n) is 4.27. The predicted octanol–water partition coefficient (Wildman–Crippen LogP) is 5.72. The molecule has 3 nitrogen and oxygen atoms in total. The molecule has 0 saturated carbocycles. The van der Waals surface area contributed by atoms with Gasteiger partial charge in [0.25, 0.3) is 0 Å². The summed E-state index contributed by atoms with van der Waals surface area (Å²) in [6.07, 6.45) is -1.54. The molecular weight excluding hydrogens is 413 g/mol. The average Bonchev–Trinajstić information content (AvgIpc) is 2.64. The van der Waals surface area contributed by atoms with E-state index in [4.69, 9.17) is 11.6 Å². The molecule has 0 fully saturated rings. The molecule has 2 atom stereocenters. The number of hydrogen-bond acceptors (Lipinski definition) is 2. The van der Waals surface area contributed by atoms with Crippen LogP contribution in [0.4, 0.5) is 13.2 Å². The first-order valence-corrected chi connectivity index (χ1v) is 10.3. The molecular formula is C20H20ClF3O3S. The van der Waals surface area contributed by atoms with E-state index in [0.717, 1.165) is 43.0 Å². The quantitative estimate of drug-likeness (QED) is 0.515. The number of carbonyl (C=O) groups is 1. The van der Waals surface area contributed by atoms with Crippen molar-refractivity contribution >= 4 is 28.4 Å². The Morgan fingerprint density at radius 2 is 1.75 bits per heavy atom. The first-order valence-electron chi connectivity index (χ1n) is 8.73. The van der Waals surface area contributed by atoms with Crippen molar-refractivity contribution in [3.8, 4) is 0 Å². The van der Waals surface area contributed by atoms with E-state index in [1.54, 1.807) is 12.1 Å². The number of alkyl halides is 3. The van der Waals surface area contributed by atoms with Crippen LogP contribution in [0.15, 0.2) is 53.4 Å². The number of aryl methyl sites for hydroxylation is 1. The minimum atomic E-state index is -4.57. The summed E-state index contributed by atoms with van der Waals surface area (Å²) in [6, 6.07) is 11.5. The van der Waals surface area contributed by atoms with Crippen molar-refractivity contribution < 1.29 is 27.3 Å². The lowest BCUT2D eigenvalue weighted by Crippen LogP contribution is -2.26. The molecule has 0 aliphatic heterocycles. The summed E-state index contributed by atoms with van der Waals surface area (Å²) in [6.45, 7) is 0. The summed E-state index contributed by atoms with van der Waals surface area (Å²) in [5, 5.41) is 8.79. The maximum Gasteiger partial charge on any atom is 0.416 e. The van der Waals surface area contributed by atoms with Gasteiger partial charge in [-0.05, 0) is 55.2 Å². The van der Waals surface area contributed by atoms with Crippen LogP contribution in [0.3, 0.4) is 0 Å². The molecule has 1 N–H and O–H groups in total. The first-order chi connectivity index (χ1) is 13.2. The van der Waals surface area contributed by atoms with Crippen molar-refractivity contribution in [3.63, 3.8) is 0 Å². The minimum Gasteiger partial charge on any atom is -0.480 e. The molecule has 0 aromatic heterocycles. The van der Waals surface area contributed by atoms with Gasteiger partial charge in [0.1, 0.15) is 5.25 Å². The molecule has 2 aromatic rings. The summed E-state index contributed by atoms with van der Waals surface area (Å²) in [5.74, 6) is -1.27. The van der Waals surface area contributed by atoms with Crippen LogP contribution in [0.2, 0.25) is 5.02 Å². The summed E-state index contributed by atoms with van der Waals surface area (Å²) in [4.78, 5) is 11.4. The summed E-state index contributed by atoms with van der Waals surface area (Å²) < 4.78 is 51.0. The Kier molecular flexibility index (Phi) is 8.07. The fourth-order valence-electron chi connectivity index (χ4n) is 2.77. The van der Waals surface area contributed by atoms with Crippen LogP contribution >= 0.6 is 11.6 Å². The highest BCUT2D eigenvalue weighted by molar-refractivity contribution is 7.86. The van der Waals surface area contributed by atoms with Crippen LogP contribution < -0.4 is 0 Å². The number of carboxylic acid groups (broad SMARTS) is 1. The molecule has 0 amide bonds. The molecule has 0 aliphatic carbocycles. The number of benzene rings is 2. The largest absolute Gasteiger partial charge is 0.480 e. The highest BCUT2D eigenvalue weighted by atomic mass is 35.5. The minimum absolute atomic E-state index is 0.122. The van der Waals surface area contributed by atoms with Crippen LogP contribution in [0, 0.1) is 0 Å². The van der Waals surface area contributed by atoms with E-state index in [9.17, 15) is 27.3 Å². The Morgan fingerprint density at radius 1 is 1.07 bits per heavy atom. The van der Waals surface area contributed by atoms with Crippen LogP contribution in [-0.2, 0) is 28.2 Å². The number of rotatable bonds is 9. The van der Waals surface area contributed by atoms with Crippen molar-refractivity contribution in [3.05, 3.63) is 64.7 Å². The Labute approximate surface area is 169 Å². The standard InChI is InChI=1S/C20H20ClF3O3S/c21-16-11-9-14(10-12-16)5-2-1-3-8-18(19(25)26)28(27)17-7-4-6-15(13-17)20(22,23)24/h4,6-7,9-13,18H,1-3,5,8H2,(H,25,26). The Hall–Kier alpha value is -1.86. The van der Waals surface area contributed by atoms with Gasteiger partial charge >= 0.3 is 12.1 Å². The number of halogens is 4. The second kappa shape index (κ2) is 10.1. The van der Waals surface area contributed by atoms with E-state index in [0.29, 0.717) is 11.4 Å². The van der Waals surface area contributed by atoms with E-state index >= 15 is 0 Å². The molecule has 2 rings (SSSR count). The first kappa shape index (κ1) is 22.4. The van der Waals surface area contributed by atoms with Gasteiger partial charge < -0.3 is 5.11 Å². The van der Waals surface area contributed by atoms with E-state index in [2.05, 4.69) is 0 Å². The smallest absolute Gasteiger partial charge is 0.416 e. The van der Waals surface area contributed by atoms with Crippen molar-refractivity contribution in [1.82, 2.24) is 0 Å². The highest BCUT2D eigenvalue weighted by Gasteiger charge is 2.32. The fourth-order valence-corrected chi connectivity index (χ4v) is 4.24. The third kappa shape index (κ3) is 6.63. The highest BCUT2D eigenvalue weighted by Crippen LogP contribution is 2.31. The Morgan fingerprint density at radius 3 is 2.36 bits per heavy atom. The second-order valence-electron chi connectivity index (χ2n) is 6.38. The molecule has 0 radical (unpaired) electrons. The van der Waals surface area contributed by atoms with Gasteiger partial charge in [-0.3, -0.25) is 9.00 Å². The van der Waals surface area contributed by atoms with Gasteiger partial charge in [-0.1, -0.05) is 42.6 Å². The summed E-state index contributed by atoms with van der Waals surface area (Å²) in [5.41, 5.74) is 0.178. The van der Waals surface area contributed by atoms with E-state index < -0.39 is 33.8 Å². The molecule has 0 aliphatic rings. The lowest BCUT2D eigenvalue weighted by atomic mass is 10.1. The van der Waals surface area contributed by atoms with Gasteiger partial charge in [-0.25, -0.2) is 0 Å². The molecule has 152 valence electrons. The maximum absolute atomic E-state index is 12.8. The van der Waals surface area contributed by atoms with E-state index in [1.807, 2.05) is 12.1 Å². The van der Waals surface area contributed by atoms with Gasteiger partial charge in [0.15, 0.2) is 0 Å². The third-order valence-corrected chi connectivity index (χ3v) is 6.20. The van der Waals surface area contributed by atoms with Crippen molar-refractivity contribution in [2.24, 2.45) is 0 Å². The van der Waals surface area contributed by atoms with E-state index in [-0.39, 0.29) is 11.3 Å². The lowest BCUT2D eigenvalue weighted by Gasteiger charge is -2.14. The zero-order chi connectivity index (χ0) is 20.7. The Bertz CT molecular complexity index is 822. The second-order valence-corrected chi connectivity index (χ2v) is 8.45. The lowest BCUT2D eigenvalue weighted by molar-refractivity contribution is -0.138. The van der Waals surface area contributed by atoms with Crippen molar-refractivity contribution in [1.29, 1.82) is 0 Å². The maximum atomic E-state index is 12.8. The van der Waals surface area contributed by atoms with Gasteiger partial charge in [0, 0.05) is 9.92 Å². The topological polar surface area (TPSA) is 54.4 Å². The van der Waals surface area contributed by atoms with Crippen LogP contribution in [0.5, 0.6) is 0 Å². The number of hydrogen-bond donors (Lipinski definition) is 1. The van der Waals surface area contributed by atoms with Gasteiger partial charge in [-0.2, -0.15) is 13.2 Å². The number of unbranched alkanes of at least 4 members (excludes halogenated alkanes) is 2. The molecule has 8 heteroatoms. The molecule has 0 spiro atoms. The average molecular weight is 433 g/mol.